The molecule has 0 aliphatic rings. The lowest BCUT2D eigenvalue weighted by Crippen LogP contribution is -2.34. The molecule has 0 fully saturated rings. The van der Waals surface area contributed by atoms with Crippen molar-refractivity contribution in [1.29, 1.82) is 5.26 Å². The van der Waals surface area contributed by atoms with Crippen molar-refractivity contribution in [2.24, 2.45) is 0 Å². The van der Waals surface area contributed by atoms with E-state index in [4.69, 9.17) is 0 Å². The van der Waals surface area contributed by atoms with Gasteiger partial charge < -0.3 is 5.32 Å². The Balaban J connectivity index is 1.89. The zero-order valence-electron chi connectivity index (χ0n) is 16.2. The molecular weight excluding hydrogens is 391 g/mol. The van der Waals surface area contributed by atoms with Gasteiger partial charge in [0, 0.05) is 17.5 Å². The number of rotatable bonds is 3. The number of nitriles is 1. The molecule has 0 bridgehead atoms. The number of hydrogen-bond acceptors (Lipinski definition) is 4. The van der Waals surface area contributed by atoms with Crippen LogP contribution in [0.25, 0.3) is 34.0 Å². The molecule has 3 aromatic carbocycles. The third-order valence-corrected chi connectivity index (χ3v) is 5.14. The first kappa shape index (κ1) is 18.5. The second-order valence-corrected chi connectivity index (χ2v) is 7.00. The smallest absolute Gasteiger partial charge is 0.266 e. The summed E-state index contributed by atoms with van der Waals surface area (Å²) in [5.41, 5.74) is 3.47. The van der Waals surface area contributed by atoms with E-state index in [-0.39, 0.29) is 11.4 Å². The van der Waals surface area contributed by atoms with Gasteiger partial charge in [-0.15, -0.1) is 0 Å². The van der Waals surface area contributed by atoms with Gasteiger partial charge in [-0.1, -0.05) is 42.5 Å². The Morgan fingerprint density at radius 1 is 0.968 bits per heavy atom. The Morgan fingerprint density at radius 3 is 2.42 bits per heavy atom. The Morgan fingerprint density at radius 2 is 1.68 bits per heavy atom. The minimum absolute atomic E-state index is 0.295. The maximum Gasteiger partial charge on any atom is 0.266 e. The summed E-state index contributed by atoms with van der Waals surface area (Å²) in [6, 6.07) is 24.6. The molecule has 0 aliphatic heterocycles. The molecule has 0 radical (unpaired) electrons. The molecule has 2 heterocycles. The molecular formula is C25H15FN4O. The molecule has 5 rings (SSSR count). The molecule has 0 spiro atoms. The molecule has 5 aromatic rings. The summed E-state index contributed by atoms with van der Waals surface area (Å²) >= 11 is 0. The van der Waals surface area contributed by atoms with Gasteiger partial charge in [-0.25, -0.2) is 9.37 Å². The largest absolute Gasteiger partial charge is 0.361 e. The van der Waals surface area contributed by atoms with E-state index in [0.29, 0.717) is 38.7 Å². The van der Waals surface area contributed by atoms with Crippen LogP contribution in [0, 0.1) is 17.1 Å². The average molecular weight is 406 g/mol. The van der Waals surface area contributed by atoms with Crippen LogP contribution in [0.4, 0.5) is 10.1 Å². The molecule has 0 atom stereocenters. The van der Waals surface area contributed by atoms with E-state index in [9.17, 15) is 14.4 Å². The zero-order chi connectivity index (χ0) is 21.4. The first-order valence-corrected chi connectivity index (χ1v) is 9.62. The predicted octanol–water partition coefficient (Wildman–Crippen LogP) is 4.09. The maximum absolute atomic E-state index is 13.6. The van der Waals surface area contributed by atoms with Crippen LogP contribution in [0.15, 0.2) is 83.7 Å². The van der Waals surface area contributed by atoms with E-state index in [1.165, 1.54) is 16.5 Å². The van der Waals surface area contributed by atoms with Crippen molar-refractivity contribution in [2.75, 3.05) is 5.32 Å². The van der Waals surface area contributed by atoms with E-state index >= 15 is 0 Å². The van der Waals surface area contributed by atoms with Crippen molar-refractivity contribution in [3.05, 3.63) is 106 Å². The van der Waals surface area contributed by atoms with Crippen molar-refractivity contribution >= 4 is 28.6 Å². The van der Waals surface area contributed by atoms with Gasteiger partial charge in [0.2, 0.25) is 0 Å². The number of fused-ring (bicyclic) bond motifs is 3. The van der Waals surface area contributed by atoms with Crippen LogP contribution in [-0.2, 0) is 0 Å². The lowest BCUT2D eigenvalue weighted by molar-refractivity contribution is 0.628. The predicted molar refractivity (Wildman–Crippen MR) is 119 cm³/mol. The van der Waals surface area contributed by atoms with Crippen molar-refractivity contribution in [3.8, 4) is 17.2 Å². The Bertz CT molecular complexity index is 1580. The topological polar surface area (TPSA) is 70.2 Å². The van der Waals surface area contributed by atoms with E-state index in [1.54, 1.807) is 24.4 Å². The fraction of sp³-hybridized carbons (Fsp3) is 0. The number of hydrogen-bond donors (Lipinski definition) is 1. The molecule has 0 unspecified atom stereocenters. The van der Waals surface area contributed by atoms with Crippen molar-refractivity contribution in [2.45, 2.75) is 0 Å². The lowest BCUT2D eigenvalue weighted by atomic mass is 9.99. The molecule has 1 N–H and O–H groups in total. The van der Waals surface area contributed by atoms with Crippen LogP contribution in [-0.4, -0.2) is 9.38 Å². The zero-order valence-corrected chi connectivity index (χ0v) is 16.2. The van der Waals surface area contributed by atoms with Crippen LogP contribution >= 0.6 is 0 Å². The van der Waals surface area contributed by atoms with E-state index in [2.05, 4.69) is 16.4 Å². The third kappa shape index (κ3) is 3.09. The number of aromatic nitrogens is 2. The molecule has 2 aromatic heterocycles. The molecule has 0 saturated carbocycles. The highest BCUT2D eigenvalue weighted by Gasteiger charge is 2.19. The number of anilines is 1. The first-order valence-electron chi connectivity index (χ1n) is 9.62. The van der Waals surface area contributed by atoms with Crippen LogP contribution < -0.4 is 16.1 Å². The molecule has 148 valence electrons. The fourth-order valence-corrected chi connectivity index (χ4v) is 3.72. The number of nitrogens with one attached hydrogen (secondary N) is 1. The first-order chi connectivity index (χ1) is 15.2. The number of para-hydroxylation sites is 2. The highest BCUT2D eigenvalue weighted by Crippen LogP contribution is 2.24. The van der Waals surface area contributed by atoms with Crippen LogP contribution in [0.5, 0.6) is 0 Å². The van der Waals surface area contributed by atoms with Gasteiger partial charge in [0.25, 0.3) is 5.56 Å². The van der Waals surface area contributed by atoms with Gasteiger partial charge in [0.1, 0.15) is 17.4 Å². The minimum Gasteiger partial charge on any atom is -0.361 e. The highest BCUT2D eigenvalue weighted by molar-refractivity contribution is 5.87. The Hall–Kier alpha value is -4.50. The fourth-order valence-electron chi connectivity index (χ4n) is 3.72. The summed E-state index contributed by atoms with van der Waals surface area (Å²) in [6.45, 7) is 0. The van der Waals surface area contributed by atoms with Crippen LogP contribution in [0.1, 0.15) is 5.56 Å². The normalized spacial score (nSPS) is 11.7. The molecule has 31 heavy (non-hydrogen) atoms. The monoisotopic (exact) mass is 406 g/mol. The van der Waals surface area contributed by atoms with Gasteiger partial charge in [0.05, 0.1) is 16.3 Å². The molecule has 6 heteroatoms. The minimum atomic E-state index is -0.349. The third-order valence-electron chi connectivity index (χ3n) is 5.14. The van der Waals surface area contributed by atoms with E-state index in [0.717, 1.165) is 5.56 Å². The number of benzene rings is 3. The summed E-state index contributed by atoms with van der Waals surface area (Å²) in [6.07, 6.45) is 1.56. The summed E-state index contributed by atoms with van der Waals surface area (Å²) in [5, 5.41) is 13.4. The Labute approximate surface area is 176 Å². The van der Waals surface area contributed by atoms with Crippen LogP contribution in [0.3, 0.4) is 0 Å². The van der Waals surface area contributed by atoms with Gasteiger partial charge in [-0.3, -0.25) is 9.20 Å². The average Bonchev–Trinajstić information content (AvgIpc) is 3.19. The SMILES string of the molecule is N#Cc1c(-c2ccccc2)/c(=C\Nc2ccc(F)cc2)c(=O)n2c1nc1ccccc12. The molecule has 0 aliphatic carbocycles. The summed E-state index contributed by atoms with van der Waals surface area (Å²) in [7, 11) is 0. The molecule has 5 nitrogen and oxygen atoms in total. The quantitative estimate of drug-likeness (QED) is 0.490. The van der Waals surface area contributed by atoms with Crippen molar-refractivity contribution < 1.29 is 4.39 Å². The second-order valence-electron chi connectivity index (χ2n) is 7.00. The lowest BCUT2D eigenvalue weighted by Gasteiger charge is -2.08. The van der Waals surface area contributed by atoms with Crippen molar-refractivity contribution in [3.63, 3.8) is 0 Å². The van der Waals surface area contributed by atoms with Crippen LogP contribution in [0.2, 0.25) is 0 Å². The molecule has 0 amide bonds. The van der Waals surface area contributed by atoms with Gasteiger partial charge in [-0.2, -0.15) is 5.26 Å². The van der Waals surface area contributed by atoms with Gasteiger partial charge in [0.15, 0.2) is 5.65 Å². The molecule has 0 saturated heterocycles. The van der Waals surface area contributed by atoms with Crippen molar-refractivity contribution in [1.82, 2.24) is 9.38 Å². The maximum atomic E-state index is 13.6. The highest BCUT2D eigenvalue weighted by atomic mass is 19.1. The summed E-state index contributed by atoms with van der Waals surface area (Å²) in [4.78, 5) is 18.2. The van der Waals surface area contributed by atoms with Gasteiger partial charge >= 0.3 is 0 Å². The Kier molecular flexibility index (Phi) is 4.42. The number of pyridine rings is 1. The van der Waals surface area contributed by atoms with Gasteiger partial charge in [-0.05, 0) is 42.0 Å². The number of nitrogens with zero attached hydrogens (tertiary/aromatic N) is 3. The summed E-state index contributed by atoms with van der Waals surface area (Å²) < 4.78 is 14.7. The summed E-state index contributed by atoms with van der Waals surface area (Å²) in [5.74, 6) is -0.349. The second kappa shape index (κ2) is 7.39. The standard InChI is InChI=1S/C25H15FN4O/c26-17-10-12-18(13-11-17)28-15-20-23(16-6-2-1-3-7-16)19(14-27)24-29-21-8-4-5-9-22(21)30(24)25(20)31/h1-13,15,28H/b20-15+. The number of halogens is 1. The number of imidazole rings is 1. The van der Waals surface area contributed by atoms with E-state index < -0.39 is 0 Å². The van der Waals surface area contributed by atoms with E-state index in [1.807, 2.05) is 48.5 Å².